The van der Waals surface area contributed by atoms with Crippen molar-refractivity contribution in [1.82, 2.24) is 0 Å². The lowest BCUT2D eigenvalue weighted by Gasteiger charge is -2.21. The monoisotopic (exact) mass is 272 g/mol. The number of anilines is 1. The molecule has 2 aromatic carbocycles. The van der Waals surface area contributed by atoms with Gasteiger partial charge in [-0.15, -0.1) is 0 Å². The van der Waals surface area contributed by atoms with E-state index in [2.05, 4.69) is 0 Å². The molecule has 0 saturated heterocycles. The molecule has 0 unspecified atom stereocenters. The van der Waals surface area contributed by atoms with Crippen LogP contribution in [-0.4, -0.2) is 17.5 Å². The Bertz CT molecular complexity index is 639. The van der Waals surface area contributed by atoms with Crippen LogP contribution in [0.3, 0.4) is 0 Å². The number of ether oxygens (including phenoxy) is 1. The molecule has 2 aromatic rings. The summed E-state index contributed by atoms with van der Waals surface area (Å²) in [7, 11) is 0. The van der Waals surface area contributed by atoms with Gasteiger partial charge in [0.25, 0.3) is 0 Å². The molecule has 1 N–H and O–H groups in total. The third-order valence-electron chi connectivity index (χ3n) is 2.55. The van der Waals surface area contributed by atoms with Crippen LogP contribution in [0.1, 0.15) is 20.7 Å². The summed E-state index contributed by atoms with van der Waals surface area (Å²) in [6.45, 7) is 0. The van der Waals surface area contributed by atoms with Gasteiger partial charge in [0.2, 0.25) is 0 Å². The predicted molar refractivity (Wildman–Crippen MR) is 70.9 cm³/mol. The molecule has 0 aliphatic carbocycles. The van der Waals surface area contributed by atoms with Gasteiger partial charge in [-0.25, -0.2) is 4.79 Å². The van der Waals surface area contributed by atoms with Crippen LogP contribution in [0.2, 0.25) is 0 Å². The quantitative estimate of drug-likeness (QED) is 0.398. The summed E-state index contributed by atoms with van der Waals surface area (Å²) in [5.41, 5.74) is 0.228. The highest BCUT2D eigenvalue weighted by Gasteiger charge is 2.11. The summed E-state index contributed by atoms with van der Waals surface area (Å²) in [4.78, 5) is 22.7. The van der Waals surface area contributed by atoms with Crippen molar-refractivity contribution in [3.05, 3.63) is 64.9 Å². The molecule has 20 heavy (non-hydrogen) atoms. The lowest BCUT2D eigenvalue weighted by Crippen LogP contribution is -2.12. The Morgan fingerprint density at radius 2 is 1.95 bits per heavy atom. The van der Waals surface area contributed by atoms with Crippen LogP contribution in [0.15, 0.2) is 48.5 Å². The van der Waals surface area contributed by atoms with Crippen molar-refractivity contribution in [1.29, 1.82) is 0 Å². The van der Waals surface area contributed by atoms with Gasteiger partial charge in [-0.1, -0.05) is 18.2 Å². The van der Waals surface area contributed by atoms with Gasteiger partial charge in [0.15, 0.2) is 6.29 Å². The van der Waals surface area contributed by atoms with Crippen LogP contribution in [0.5, 0.6) is 5.75 Å². The number of rotatable bonds is 4. The number of para-hydroxylation sites is 1. The second kappa shape index (κ2) is 5.96. The molecule has 0 atom stereocenters. The smallest absolute Gasteiger partial charge is 0.343 e. The lowest BCUT2D eigenvalue weighted by molar-refractivity contribution is 0.0733. The van der Waals surface area contributed by atoms with E-state index in [0.717, 1.165) is 0 Å². The molecule has 0 saturated carbocycles. The Hall–Kier alpha value is -2.70. The van der Waals surface area contributed by atoms with Gasteiger partial charge < -0.3 is 15.2 Å². The number of nitrogens with zero attached hydrogens (tertiary/aromatic N) is 1. The summed E-state index contributed by atoms with van der Waals surface area (Å²) in [5, 5.41) is 19.2. The molecule has 102 valence electrons. The standard InChI is InChI=1S/C14H10NO5/c16-9-11-4-1-2-7-13(11)20-14(17)10-5-3-6-12(8-10)15(18)19/h1-9,18H/q-1. The van der Waals surface area contributed by atoms with E-state index in [1.54, 1.807) is 12.1 Å². The Balaban J connectivity index is 2.24. The normalized spacial score (nSPS) is 9.90. The molecule has 0 amide bonds. The molecule has 6 nitrogen and oxygen atoms in total. The van der Waals surface area contributed by atoms with Gasteiger partial charge in [-0.2, -0.15) is 0 Å². The summed E-state index contributed by atoms with van der Waals surface area (Å²) in [6, 6.07) is 11.6. The minimum Gasteiger partial charge on any atom is -0.733 e. The summed E-state index contributed by atoms with van der Waals surface area (Å²) < 4.78 is 5.08. The fraction of sp³-hybridized carbons (Fsp3) is 0. The first kappa shape index (κ1) is 13.7. The zero-order chi connectivity index (χ0) is 14.5. The topological polar surface area (TPSA) is 89.9 Å². The van der Waals surface area contributed by atoms with Gasteiger partial charge in [-0.3, -0.25) is 10.0 Å². The number of hydrogen-bond acceptors (Lipinski definition) is 6. The van der Waals surface area contributed by atoms with E-state index < -0.39 is 5.97 Å². The lowest BCUT2D eigenvalue weighted by atomic mass is 10.2. The maximum Gasteiger partial charge on any atom is 0.343 e. The fourth-order valence-electron chi connectivity index (χ4n) is 1.58. The number of hydrogen-bond donors (Lipinski definition) is 1. The van der Waals surface area contributed by atoms with E-state index in [0.29, 0.717) is 6.29 Å². The number of benzene rings is 2. The third kappa shape index (κ3) is 3.00. The largest absolute Gasteiger partial charge is 0.733 e. The van der Waals surface area contributed by atoms with E-state index in [1.165, 1.54) is 36.4 Å². The second-order valence-electron chi connectivity index (χ2n) is 3.87. The maximum absolute atomic E-state index is 11.9. The number of carbonyl (C=O) groups excluding carboxylic acids is 2. The third-order valence-corrected chi connectivity index (χ3v) is 2.55. The highest BCUT2D eigenvalue weighted by molar-refractivity contribution is 5.93. The van der Waals surface area contributed by atoms with E-state index in [-0.39, 0.29) is 27.8 Å². The van der Waals surface area contributed by atoms with Crippen molar-refractivity contribution in [3.63, 3.8) is 0 Å². The van der Waals surface area contributed by atoms with Crippen LogP contribution in [0.4, 0.5) is 5.69 Å². The molecule has 6 heteroatoms. The molecule has 0 heterocycles. The first-order valence-electron chi connectivity index (χ1n) is 5.64. The Morgan fingerprint density at radius 3 is 2.65 bits per heavy atom. The van der Waals surface area contributed by atoms with Crippen LogP contribution >= 0.6 is 0 Å². The van der Waals surface area contributed by atoms with Crippen LogP contribution in [0, 0.1) is 5.21 Å². The average Bonchev–Trinajstić information content (AvgIpc) is 2.48. The van der Waals surface area contributed by atoms with Crippen LogP contribution in [-0.2, 0) is 0 Å². The van der Waals surface area contributed by atoms with Crippen LogP contribution in [0.25, 0.3) is 0 Å². The fourth-order valence-corrected chi connectivity index (χ4v) is 1.58. The van der Waals surface area contributed by atoms with E-state index in [1.807, 2.05) is 0 Å². The molecule has 0 bridgehead atoms. The Labute approximate surface area is 114 Å². The van der Waals surface area contributed by atoms with E-state index >= 15 is 0 Å². The minimum atomic E-state index is -0.733. The average molecular weight is 272 g/mol. The van der Waals surface area contributed by atoms with Crippen molar-refractivity contribution >= 4 is 17.9 Å². The number of aldehydes is 1. The molecular formula is C14H10NO5-. The van der Waals surface area contributed by atoms with Crippen molar-refractivity contribution in [2.75, 3.05) is 5.23 Å². The minimum absolute atomic E-state index is 0.0816. The molecule has 0 spiro atoms. The molecule has 0 aromatic heterocycles. The van der Waals surface area contributed by atoms with Crippen molar-refractivity contribution in [2.24, 2.45) is 0 Å². The first-order valence-corrected chi connectivity index (χ1v) is 5.64. The molecule has 0 fully saturated rings. The van der Waals surface area contributed by atoms with Gasteiger partial charge in [0.1, 0.15) is 5.75 Å². The zero-order valence-corrected chi connectivity index (χ0v) is 10.2. The summed E-state index contributed by atoms with van der Waals surface area (Å²) in [5.74, 6) is -0.608. The highest BCUT2D eigenvalue weighted by atomic mass is 16.8. The predicted octanol–water partition coefficient (Wildman–Crippen LogP) is 2.41. The van der Waals surface area contributed by atoms with E-state index in [9.17, 15) is 14.8 Å². The van der Waals surface area contributed by atoms with Gasteiger partial charge in [-0.05, 0) is 30.3 Å². The van der Waals surface area contributed by atoms with Gasteiger partial charge in [0.05, 0.1) is 16.8 Å². The van der Waals surface area contributed by atoms with Crippen LogP contribution < -0.4 is 9.96 Å². The Morgan fingerprint density at radius 1 is 1.20 bits per heavy atom. The molecule has 0 aliphatic rings. The molecular weight excluding hydrogens is 262 g/mol. The molecule has 0 aliphatic heterocycles. The van der Waals surface area contributed by atoms with Gasteiger partial charge >= 0.3 is 5.97 Å². The molecule has 0 radical (unpaired) electrons. The Kier molecular flexibility index (Phi) is 4.09. The first-order chi connectivity index (χ1) is 9.61. The second-order valence-corrected chi connectivity index (χ2v) is 3.87. The SMILES string of the molecule is O=Cc1ccccc1OC(=O)c1cccc(N([O-])O)c1. The number of esters is 1. The van der Waals surface area contributed by atoms with Crippen molar-refractivity contribution < 1.29 is 19.5 Å². The highest BCUT2D eigenvalue weighted by Crippen LogP contribution is 2.19. The van der Waals surface area contributed by atoms with Gasteiger partial charge in [0, 0.05) is 0 Å². The number of carbonyl (C=O) groups is 2. The summed E-state index contributed by atoms with van der Waals surface area (Å²) >= 11 is 0. The molecule has 2 rings (SSSR count). The maximum atomic E-state index is 11.9. The summed E-state index contributed by atoms with van der Waals surface area (Å²) in [6.07, 6.45) is 0.576. The van der Waals surface area contributed by atoms with E-state index in [4.69, 9.17) is 9.94 Å². The van der Waals surface area contributed by atoms with Crippen molar-refractivity contribution in [3.8, 4) is 5.75 Å². The van der Waals surface area contributed by atoms with Crippen molar-refractivity contribution in [2.45, 2.75) is 0 Å². The zero-order valence-electron chi connectivity index (χ0n) is 10.2.